The van der Waals surface area contributed by atoms with Gasteiger partial charge in [-0.3, -0.25) is 0 Å². The van der Waals surface area contributed by atoms with Crippen molar-refractivity contribution in [2.45, 2.75) is 39.0 Å². The first-order valence-electron chi connectivity index (χ1n) is 3.93. The minimum atomic E-state index is 0. The molecule has 0 aliphatic heterocycles. The van der Waals surface area contributed by atoms with Crippen molar-refractivity contribution < 1.29 is 0 Å². The fourth-order valence-electron chi connectivity index (χ4n) is 1.01. The van der Waals surface area contributed by atoms with E-state index in [2.05, 4.69) is 13.8 Å². The van der Waals surface area contributed by atoms with E-state index < -0.39 is 0 Å². The number of hydrogen-bond acceptors (Lipinski definition) is 0. The quantitative estimate of drug-likeness (QED) is 0.368. The summed E-state index contributed by atoms with van der Waals surface area (Å²) >= 11 is 0. The zero-order chi connectivity index (χ0) is 7.11. The maximum absolute atomic E-state index is 3.94. The zero-order valence-electron chi connectivity index (χ0n) is 7.23. The standard InChI is InChI=1S/C6H11.C3H7.Mg/c1-6-4-2-3-5-6;1-3-2;/h6H,1-5H2;1,3H2,2H3;/q2*-1;+2. The van der Waals surface area contributed by atoms with Crippen molar-refractivity contribution in [2.75, 3.05) is 0 Å². The zero-order valence-corrected chi connectivity index (χ0v) is 8.65. The Bertz CT molecular complexity index is 46.7. The molecule has 0 saturated heterocycles. The summed E-state index contributed by atoms with van der Waals surface area (Å²) in [6.07, 6.45) is 6.60. The molecule has 0 heterocycles. The maximum atomic E-state index is 3.94. The summed E-state index contributed by atoms with van der Waals surface area (Å²) in [4.78, 5) is 0. The Morgan fingerprint density at radius 2 is 1.60 bits per heavy atom. The molecular formula is C9H18Mg. The van der Waals surface area contributed by atoms with Gasteiger partial charge in [-0.05, 0) is 0 Å². The van der Waals surface area contributed by atoms with Gasteiger partial charge in [-0.2, -0.15) is 12.3 Å². The second-order valence-electron chi connectivity index (χ2n) is 2.65. The van der Waals surface area contributed by atoms with E-state index >= 15 is 0 Å². The molecule has 1 heteroatoms. The molecule has 0 N–H and O–H groups in total. The molecule has 0 nitrogen and oxygen atoms in total. The molecule has 10 heavy (non-hydrogen) atoms. The topological polar surface area (TPSA) is 0 Å². The fourth-order valence-corrected chi connectivity index (χ4v) is 1.01. The Labute approximate surface area is 81.9 Å². The minimum Gasteiger partial charge on any atom is -0.344 e. The average Bonchev–Trinajstić information content (AvgIpc) is 2.20. The second kappa shape index (κ2) is 9.77. The van der Waals surface area contributed by atoms with Gasteiger partial charge in [0, 0.05) is 0 Å². The van der Waals surface area contributed by atoms with E-state index in [9.17, 15) is 0 Å². The first kappa shape index (κ1) is 13.4. The van der Waals surface area contributed by atoms with Crippen molar-refractivity contribution >= 4 is 23.1 Å². The molecule has 1 rings (SSSR count). The van der Waals surface area contributed by atoms with Crippen LogP contribution in [0.25, 0.3) is 0 Å². The largest absolute Gasteiger partial charge is 2.00 e. The molecular weight excluding hydrogens is 132 g/mol. The van der Waals surface area contributed by atoms with Crippen LogP contribution in [-0.4, -0.2) is 23.1 Å². The minimum absolute atomic E-state index is 0. The molecule has 0 radical (unpaired) electrons. The summed E-state index contributed by atoms with van der Waals surface area (Å²) < 4.78 is 0. The summed E-state index contributed by atoms with van der Waals surface area (Å²) in [5, 5.41) is 0. The Morgan fingerprint density at radius 1 is 1.30 bits per heavy atom. The first-order valence-corrected chi connectivity index (χ1v) is 3.93. The van der Waals surface area contributed by atoms with Crippen LogP contribution in [0.5, 0.6) is 0 Å². The molecule has 1 aliphatic rings. The van der Waals surface area contributed by atoms with E-state index in [1.807, 2.05) is 6.92 Å². The predicted octanol–water partition coefficient (Wildman–Crippen LogP) is 2.86. The van der Waals surface area contributed by atoms with Crippen molar-refractivity contribution in [3.63, 3.8) is 0 Å². The third-order valence-corrected chi connectivity index (χ3v) is 1.47. The van der Waals surface area contributed by atoms with Crippen LogP contribution in [0.4, 0.5) is 0 Å². The van der Waals surface area contributed by atoms with Gasteiger partial charge >= 0.3 is 23.1 Å². The maximum Gasteiger partial charge on any atom is 2.00 e. The summed E-state index contributed by atoms with van der Waals surface area (Å²) in [6.45, 7) is 9.44. The van der Waals surface area contributed by atoms with Crippen molar-refractivity contribution in [3.8, 4) is 0 Å². The molecule has 0 unspecified atom stereocenters. The molecule has 0 aromatic rings. The van der Waals surface area contributed by atoms with E-state index in [0.717, 1.165) is 12.3 Å². The molecule has 0 spiro atoms. The van der Waals surface area contributed by atoms with E-state index in [1.54, 1.807) is 0 Å². The van der Waals surface area contributed by atoms with Gasteiger partial charge in [-0.15, -0.1) is 0 Å². The predicted molar refractivity (Wildman–Crippen MR) is 48.7 cm³/mol. The van der Waals surface area contributed by atoms with Crippen LogP contribution in [-0.2, 0) is 0 Å². The third kappa shape index (κ3) is 8.77. The fraction of sp³-hybridized carbons (Fsp3) is 0.778. The Morgan fingerprint density at radius 3 is 1.70 bits per heavy atom. The van der Waals surface area contributed by atoms with Crippen molar-refractivity contribution in [1.29, 1.82) is 0 Å². The van der Waals surface area contributed by atoms with Gasteiger partial charge in [0.05, 0.1) is 0 Å². The monoisotopic (exact) mass is 150 g/mol. The summed E-state index contributed by atoms with van der Waals surface area (Å²) in [7, 11) is 0. The molecule has 0 atom stereocenters. The van der Waals surface area contributed by atoms with Gasteiger partial charge in [0.25, 0.3) is 0 Å². The SMILES string of the molecule is [CH2-]C1CCCC1.[CH2-]CC.[Mg+2]. The molecule has 1 saturated carbocycles. The van der Waals surface area contributed by atoms with Gasteiger partial charge in [0.2, 0.25) is 0 Å². The van der Waals surface area contributed by atoms with Crippen LogP contribution >= 0.6 is 0 Å². The summed E-state index contributed by atoms with van der Waals surface area (Å²) in [5.74, 6) is 0.796. The number of rotatable bonds is 0. The van der Waals surface area contributed by atoms with Crippen molar-refractivity contribution in [3.05, 3.63) is 13.8 Å². The summed E-state index contributed by atoms with van der Waals surface area (Å²) in [5.41, 5.74) is 0. The van der Waals surface area contributed by atoms with Crippen molar-refractivity contribution in [2.24, 2.45) is 5.92 Å². The van der Waals surface area contributed by atoms with Crippen LogP contribution in [0.2, 0.25) is 0 Å². The summed E-state index contributed by atoms with van der Waals surface area (Å²) in [6, 6.07) is 0. The Kier molecular flexibility index (Phi) is 13.1. The van der Waals surface area contributed by atoms with E-state index in [-0.39, 0.29) is 23.1 Å². The molecule has 1 fully saturated rings. The molecule has 0 aromatic heterocycles. The number of hydrogen-bond donors (Lipinski definition) is 0. The Hall–Kier alpha value is 0.766. The first-order chi connectivity index (χ1) is 4.31. The van der Waals surface area contributed by atoms with E-state index in [0.29, 0.717) is 0 Å². The molecule has 0 bridgehead atoms. The molecule has 1 aliphatic carbocycles. The van der Waals surface area contributed by atoms with Gasteiger partial charge in [0.15, 0.2) is 0 Å². The normalized spacial score (nSPS) is 17.1. The third-order valence-electron chi connectivity index (χ3n) is 1.47. The Balaban J connectivity index is 0. The van der Waals surface area contributed by atoms with Gasteiger partial charge in [0.1, 0.15) is 0 Å². The van der Waals surface area contributed by atoms with Crippen LogP contribution in [0.1, 0.15) is 39.0 Å². The van der Waals surface area contributed by atoms with Gasteiger partial charge in [-0.25, -0.2) is 0 Å². The molecule has 56 valence electrons. The van der Waals surface area contributed by atoms with Crippen LogP contribution in [0.3, 0.4) is 0 Å². The van der Waals surface area contributed by atoms with Crippen LogP contribution in [0, 0.1) is 19.8 Å². The van der Waals surface area contributed by atoms with Crippen LogP contribution in [0.15, 0.2) is 0 Å². The van der Waals surface area contributed by atoms with E-state index in [4.69, 9.17) is 0 Å². The van der Waals surface area contributed by atoms with Gasteiger partial charge in [-0.1, -0.05) is 32.6 Å². The van der Waals surface area contributed by atoms with E-state index in [1.165, 1.54) is 25.7 Å². The molecule has 0 amide bonds. The van der Waals surface area contributed by atoms with Crippen LogP contribution < -0.4 is 0 Å². The second-order valence-corrected chi connectivity index (χ2v) is 2.65. The van der Waals surface area contributed by atoms with Crippen molar-refractivity contribution in [1.82, 2.24) is 0 Å². The smallest absolute Gasteiger partial charge is 0.344 e. The van der Waals surface area contributed by atoms with Gasteiger partial charge < -0.3 is 13.8 Å². The average molecular weight is 151 g/mol. The molecule has 0 aromatic carbocycles.